The van der Waals surface area contributed by atoms with Crippen LogP contribution in [0.4, 0.5) is 23.1 Å². The second-order valence-electron chi connectivity index (χ2n) is 6.13. The molecule has 4 rings (SSSR count). The van der Waals surface area contributed by atoms with Gasteiger partial charge in [-0.3, -0.25) is 0 Å². The van der Waals surface area contributed by atoms with Crippen LogP contribution in [0.5, 0.6) is 0 Å². The van der Waals surface area contributed by atoms with E-state index in [0.717, 1.165) is 22.6 Å². The summed E-state index contributed by atoms with van der Waals surface area (Å²) in [6.45, 7) is 0. The molecule has 1 aromatic heterocycles. The maximum Gasteiger partial charge on any atom is 0.229 e. The highest BCUT2D eigenvalue weighted by molar-refractivity contribution is 5.68. The van der Waals surface area contributed by atoms with Crippen LogP contribution in [-0.2, 0) is 0 Å². The summed E-state index contributed by atoms with van der Waals surface area (Å²) in [5.41, 5.74) is 4.18. The van der Waals surface area contributed by atoms with Crippen molar-refractivity contribution in [2.45, 2.75) is 0 Å². The van der Waals surface area contributed by atoms with E-state index in [-0.39, 0.29) is 0 Å². The van der Waals surface area contributed by atoms with E-state index < -0.39 is 0 Å². The quantitative estimate of drug-likeness (QED) is 0.489. The second-order valence-corrected chi connectivity index (χ2v) is 6.13. The fourth-order valence-corrected chi connectivity index (χ4v) is 2.75. The Hall–Kier alpha value is -4.17. The Morgan fingerprint density at radius 3 is 2.00 bits per heavy atom. The molecule has 0 atom stereocenters. The molecule has 0 spiro atoms. The van der Waals surface area contributed by atoms with Crippen molar-refractivity contribution >= 4 is 23.1 Å². The minimum atomic E-state index is 0.476. The molecule has 0 saturated heterocycles. The smallest absolute Gasteiger partial charge is 0.229 e. The van der Waals surface area contributed by atoms with Crippen LogP contribution < -0.4 is 10.6 Å². The highest BCUT2D eigenvalue weighted by Crippen LogP contribution is 2.25. The van der Waals surface area contributed by atoms with Gasteiger partial charge in [-0.05, 0) is 36.4 Å². The van der Waals surface area contributed by atoms with Gasteiger partial charge in [0.05, 0.1) is 17.3 Å². The van der Waals surface area contributed by atoms with Crippen molar-refractivity contribution in [2.75, 3.05) is 10.6 Å². The minimum absolute atomic E-state index is 0.476. The summed E-state index contributed by atoms with van der Waals surface area (Å²) in [6, 6.07) is 31.1. The van der Waals surface area contributed by atoms with Crippen molar-refractivity contribution in [2.24, 2.45) is 0 Å². The lowest BCUT2D eigenvalue weighted by molar-refractivity contribution is 1.17. The number of para-hydroxylation sites is 1. The first-order chi connectivity index (χ1) is 13.8. The van der Waals surface area contributed by atoms with E-state index >= 15 is 0 Å². The zero-order valence-corrected chi connectivity index (χ0v) is 15.0. The number of hydrogen-bond acceptors (Lipinski definition) is 5. The molecule has 2 N–H and O–H groups in total. The molecule has 5 nitrogen and oxygen atoms in total. The predicted octanol–water partition coefficient (Wildman–Crippen LogP) is 5.50. The molecule has 0 aliphatic rings. The Balaban J connectivity index is 1.69. The van der Waals surface area contributed by atoms with Crippen molar-refractivity contribution in [3.63, 3.8) is 0 Å². The second kappa shape index (κ2) is 8.02. The summed E-state index contributed by atoms with van der Waals surface area (Å²) in [5, 5.41) is 15.5. The Kier molecular flexibility index (Phi) is 4.94. The third-order valence-electron chi connectivity index (χ3n) is 4.11. The minimum Gasteiger partial charge on any atom is -0.340 e. The molecule has 4 aromatic rings. The normalized spacial score (nSPS) is 10.1. The molecule has 28 heavy (non-hydrogen) atoms. The number of aromatic nitrogens is 2. The fourth-order valence-electron chi connectivity index (χ4n) is 2.75. The Labute approximate surface area is 163 Å². The standard InChI is InChI=1S/C23H17N5/c24-16-17-11-13-20(14-12-17)26-23-27-21(18-7-3-1-4-8-18)15-22(28-23)25-19-9-5-2-6-10-19/h1-15H,(H2,25,26,27,28). The van der Waals surface area contributed by atoms with Gasteiger partial charge in [0, 0.05) is 23.0 Å². The average molecular weight is 363 g/mol. The van der Waals surface area contributed by atoms with Gasteiger partial charge in [-0.25, -0.2) is 4.98 Å². The van der Waals surface area contributed by atoms with Crippen molar-refractivity contribution in [1.29, 1.82) is 5.26 Å². The molecule has 0 saturated carbocycles. The molecule has 0 bridgehead atoms. The molecule has 0 aliphatic heterocycles. The summed E-state index contributed by atoms with van der Waals surface area (Å²) in [5.74, 6) is 1.17. The van der Waals surface area contributed by atoms with Gasteiger partial charge in [0.15, 0.2) is 0 Å². The van der Waals surface area contributed by atoms with Crippen LogP contribution in [0.15, 0.2) is 91.0 Å². The number of anilines is 4. The summed E-state index contributed by atoms with van der Waals surface area (Å²) in [4.78, 5) is 9.25. The third-order valence-corrected chi connectivity index (χ3v) is 4.11. The van der Waals surface area contributed by atoms with Crippen LogP contribution in [0.25, 0.3) is 11.3 Å². The van der Waals surface area contributed by atoms with Crippen LogP contribution in [-0.4, -0.2) is 9.97 Å². The van der Waals surface area contributed by atoms with Crippen LogP contribution in [0.3, 0.4) is 0 Å². The summed E-state index contributed by atoms with van der Waals surface area (Å²) >= 11 is 0. The van der Waals surface area contributed by atoms with Crippen molar-refractivity contribution < 1.29 is 0 Å². The fraction of sp³-hybridized carbons (Fsp3) is 0. The molecule has 0 fully saturated rings. The van der Waals surface area contributed by atoms with Gasteiger partial charge in [0.2, 0.25) is 5.95 Å². The number of hydrogen-bond donors (Lipinski definition) is 2. The van der Waals surface area contributed by atoms with Crippen LogP contribution >= 0.6 is 0 Å². The summed E-state index contributed by atoms with van der Waals surface area (Å²) in [7, 11) is 0. The molecule has 0 aliphatic carbocycles. The van der Waals surface area contributed by atoms with Gasteiger partial charge in [-0.2, -0.15) is 10.2 Å². The largest absolute Gasteiger partial charge is 0.340 e. The topological polar surface area (TPSA) is 73.6 Å². The van der Waals surface area contributed by atoms with E-state index in [4.69, 9.17) is 5.26 Å². The zero-order chi connectivity index (χ0) is 19.2. The van der Waals surface area contributed by atoms with E-state index in [0.29, 0.717) is 17.3 Å². The maximum atomic E-state index is 8.95. The Morgan fingerprint density at radius 2 is 1.32 bits per heavy atom. The number of benzene rings is 3. The Bertz CT molecular complexity index is 1100. The first-order valence-electron chi connectivity index (χ1n) is 8.84. The third kappa shape index (κ3) is 4.14. The zero-order valence-electron chi connectivity index (χ0n) is 15.0. The molecule has 1 heterocycles. The monoisotopic (exact) mass is 363 g/mol. The number of rotatable bonds is 5. The van der Waals surface area contributed by atoms with Crippen molar-refractivity contribution in [1.82, 2.24) is 9.97 Å². The van der Waals surface area contributed by atoms with E-state index in [1.54, 1.807) is 12.1 Å². The van der Waals surface area contributed by atoms with E-state index in [1.807, 2.05) is 78.9 Å². The van der Waals surface area contributed by atoms with Gasteiger partial charge >= 0.3 is 0 Å². The number of nitrogens with zero attached hydrogens (tertiary/aromatic N) is 3. The SMILES string of the molecule is N#Cc1ccc(Nc2nc(Nc3ccccc3)cc(-c3ccccc3)n2)cc1. The Morgan fingerprint density at radius 1 is 0.679 bits per heavy atom. The lowest BCUT2D eigenvalue weighted by Crippen LogP contribution is -2.02. The molecule has 134 valence electrons. The van der Waals surface area contributed by atoms with Gasteiger partial charge in [0.25, 0.3) is 0 Å². The van der Waals surface area contributed by atoms with Crippen LogP contribution in [0.1, 0.15) is 5.56 Å². The van der Waals surface area contributed by atoms with Crippen molar-refractivity contribution in [3.05, 3.63) is 96.6 Å². The number of nitrogens with one attached hydrogen (secondary N) is 2. The van der Waals surface area contributed by atoms with E-state index in [9.17, 15) is 0 Å². The van der Waals surface area contributed by atoms with Crippen molar-refractivity contribution in [3.8, 4) is 17.3 Å². The average Bonchev–Trinajstić information content (AvgIpc) is 2.75. The van der Waals surface area contributed by atoms with Crippen LogP contribution in [0, 0.1) is 11.3 Å². The summed E-state index contributed by atoms with van der Waals surface area (Å²) in [6.07, 6.45) is 0. The molecular weight excluding hydrogens is 346 g/mol. The van der Waals surface area contributed by atoms with E-state index in [2.05, 4.69) is 26.7 Å². The molecule has 0 unspecified atom stereocenters. The summed E-state index contributed by atoms with van der Waals surface area (Å²) < 4.78 is 0. The predicted molar refractivity (Wildman–Crippen MR) is 112 cm³/mol. The van der Waals surface area contributed by atoms with Gasteiger partial charge in [-0.1, -0.05) is 48.5 Å². The lowest BCUT2D eigenvalue weighted by Gasteiger charge is -2.11. The molecule has 5 heteroatoms. The molecule has 3 aromatic carbocycles. The van der Waals surface area contributed by atoms with Gasteiger partial charge < -0.3 is 10.6 Å². The molecule has 0 amide bonds. The van der Waals surface area contributed by atoms with Crippen LogP contribution in [0.2, 0.25) is 0 Å². The molecule has 0 radical (unpaired) electrons. The first kappa shape index (κ1) is 17.3. The first-order valence-corrected chi connectivity index (χ1v) is 8.84. The highest BCUT2D eigenvalue weighted by atomic mass is 15.1. The highest BCUT2D eigenvalue weighted by Gasteiger charge is 2.08. The van der Waals surface area contributed by atoms with Gasteiger partial charge in [0.1, 0.15) is 5.82 Å². The number of nitriles is 1. The lowest BCUT2D eigenvalue weighted by atomic mass is 10.1. The van der Waals surface area contributed by atoms with Gasteiger partial charge in [-0.15, -0.1) is 0 Å². The molecular formula is C23H17N5. The maximum absolute atomic E-state index is 8.95. The van der Waals surface area contributed by atoms with E-state index in [1.165, 1.54) is 0 Å².